The molecule has 0 radical (unpaired) electrons. The van der Waals surface area contributed by atoms with Gasteiger partial charge in [0.05, 0.1) is 5.60 Å². The highest BCUT2D eigenvalue weighted by molar-refractivity contribution is 6.02. The SMILES string of the molecule is Cc1cc2c(C(C)(C)O)c3oc(C)cc3c(C)c2o1. The second-order valence-electron chi connectivity index (χ2n) is 5.76. The van der Waals surface area contributed by atoms with E-state index in [2.05, 4.69) is 0 Å². The smallest absolute Gasteiger partial charge is 0.141 e. The number of rotatable bonds is 1. The lowest BCUT2D eigenvalue weighted by Gasteiger charge is -2.19. The Morgan fingerprint density at radius 3 is 2.00 bits per heavy atom. The highest BCUT2D eigenvalue weighted by Gasteiger charge is 2.27. The van der Waals surface area contributed by atoms with Crippen molar-refractivity contribution >= 4 is 21.9 Å². The van der Waals surface area contributed by atoms with Crippen LogP contribution >= 0.6 is 0 Å². The normalized spacial score (nSPS) is 12.7. The molecule has 3 rings (SSSR count). The first-order chi connectivity index (χ1) is 8.79. The molecule has 0 bridgehead atoms. The van der Waals surface area contributed by atoms with Gasteiger partial charge in [0.25, 0.3) is 0 Å². The van der Waals surface area contributed by atoms with Gasteiger partial charge in [0, 0.05) is 21.9 Å². The summed E-state index contributed by atoms with van der Waals surface area (Å²) in [6.45, 7) is 9.41. The number of hydrogen-bond acceptors (Lipinski definition) is 3. The molecule has 0 aliphatic heterocycles. The van der Waals surface area contributed by atoms with Gasteiger partial charge in [-0.15, -0.1) is 0 Å². The highest BCUT2D eigenvalue weighted by Crippen LogP contribution is 2.40. The Labute approximate surface area is 111 Å². The van der Waals surface area contributed by atoms with Gasteiger partial charge in [-0.25, -0.2) is 0 Å². The molecule has 0 fully saturated rings. The van der Waals surface area contributed by atoms with Crippen LogP contribution in [0.2, 0.25) is 0 Å². The lowest BCUT2D eigenvalue weighted by molar-refractivity contribution is 0.0807. The Kier molecular flexibility index (Phi) is 2.36. The van der Waals surface area contributed by atoms with Crippen molar-refractivity contribution in [3.8, 4) is 0 Å². The fourth-order valence-electron chi connectivity index (χ4n) is 2.81. The van der Waals surface area contributed by atoms with Crippen molar-refractivity contribution in [3.05, 3.63) is 34.8 Å². The zero-order valence-electron chi connectivity index (χ0n) is 11.9. The first kappa shape index (κ1) is 12.3. The maximum atomic E-state index is 10.5. The molecule has 19 heavy (non-hydrogen) atoms. The van der Waals surface area contributed by atoms with Crippen LogP contribution in [0.5, 0.6) is 0 Å². The van der Waals surface area contributed by atoms with Crippen LogP contribution in [-0.2, 0) is 5.60 Å². The number of aliphatic hydroxyl groups is 1. The molecule has 3 heteroatoms. The van der Waals surface area contributed by atoms with Crippen LogP contribution in [0.25, 0.3) is 21.9 Å². The van der Waals surface area contributed by atoms with Crippen LogP contribution in [0.3, 0.4) is 0 Å². The molecule has 2 heterocycles. The van der Waals surface area contributed by atoms with Crippen molar-refractivity contribution < 1.29 is 13.9 Å². The molecule has 0 atom stereocenters. The minimum Gasteiger partial charge on any atom is -0.461 e. The van der Waals surface area contributed by atoms with Crippen LogP contribution in [0.15, 0.2) is 21.0 Å². The van der Waals surface area contributed by atoms with Gasteiger partial charge in [0.1, 0.15) is 22.7 Å². The van der Waals surface area contributed by atoms with Crippen molar-refractivity contribution in [1.29, 1.82) is 0 Å². The summed E-state index contributed by atoms with van der Waals surface area (Å²) in [6, 6.07) is 3.96. The van der Waals surface area contributed by atoms with Crippen LogP contribution in [-0.4, -0.2) is 5.11 Å². The van der Waals surface area contributed by atoms with Crippen molar-refractivity contribution in [2.24, 2.45) is 0 Å². The molecule has 3 aromatic rings. The summed E-state index contributed by atoms with van der Waals surface area (Å²) >= 11 is 0. The number of aryl methyl sites for hydroxylation is 3. The third-order valence-electron chi connectivity index (χ3n) is 3.56. The molecular weight excluding hydrogens is 240 g/mol. The number of benzene rings is 1. The molecule has 0 aliphatic rings. The van der Waals surface area contributed by atoms with E-state index in [4.69, 9.17) is 8.83 Å². The number of fused-ring (bicyclic) bond motifs is 2. The van der Waals surface area contributed by atoms with E-state index in [1.165, 1.54) is 0 Å². The molecule has 1 aromatic carbocycles. The van der Waals surface area contributed by atoms with Crippen molar-refractivity contribution in [2.45, 2.75) is 40.2 Å². The maximum Gasteiger partial charge on any atom is 0.141 e. The zero-order chi connectivity index (χ0) is 13.9. The molecular formula is C16H18O3. The number of hydrogen-bond donors (Lipinski definition) is 1. The van der Waals surface area contributed by atoms with Gasteiger partial charge in [-0.1, -0.05) is 0 Å². The molecule has 0 saturated carbocycles. The predicted molar refractivity (Wildman–Crippen MR) is 75.4 cm³/mol. The maximum absolute atomic E-state index is 10.5. The first-order valence-corrected chi connectivity index (χ1v) is 6.44. The molecule has 0 aliphatic carbocycles. The lowest BCUT2D eigenvalue weighted by Crippen LogP contribution is -2.16. The molecule has 0 saturated heterocycles. The minimum absolute atomic E-state index is 0.760. The largest absolute Gasteiger partial charge is 0.461 e. The molecule has 3 nitrogen and oxygen atoms in total. The van der Waals surface area contributed by atoms with Gasteiger partial charge in [-0.3, -0.25) is 0 Å². The second-order valence-corrected chi connectivity index (χ2v) is 5.76. The molecule has 0 spiro atoms. The second kappa shape index (κ2) is 3.64. The fourth-order valence-corrected chi connectivity index (χ4v) is 2.81. The van der Waals surface area contributed by atoms with Crippen LogP contribution < -0.4 is 0 Å². The van der Waals surface area contributed by atoms with Crippen LogP contribution in [0.1, 0.15) is 36.5 Å². The summed E-state index contributed by atoms with van der Waals surface area (Å²) in [4.78, 5) is 0. The monoisotopic (exact) mass is 258 g/mol. The summed E-state index contributed by atoms with van der Waals surface area (Å²) in [5.41, 5.74) is 2.47. The van der Waals surface area contributed by atoms with Gasteiger partial charge >= 0.3 is 0 Å². The van der Waals surface area contributed by atoms with E-state index in [0.29, 0.717) is 0 Å². The van der Waals surface area contributed by atoms with E-state index in [1.54, 1.807) is 13.8 Å². The van der Waals surface area contributed by atoms with Crippen molar-refractivity contribution in [2.75, 3.05) is 0 Å². The van der Waals surface area contributed by atoms with E-state index in [0.717, 1.165) is 44.6 Å². The summed E-state index contributed by atoms with van der Waals surface area (Å²) < 4.78 is 11.6. The summed E-state index contributed by atoms with van der Waals surface area (Å²) in [5, 5.41) is 12.4. The Balaban J connectivity index is 2.62. The topological polar surface area (TPSA) is 46.5 Å². The quantitative estimate of drug-likeness (QED) is 0.706. The van der Waals surface area contributed by atoms with Gasteiger partial charge in [-0.2, -0.15) is 0 Å². The van der Waals surface area contributed by atoms with Crippen molar-refractivity contribution in [1.82, 2.24) is 0 Å². The average molecular weight is 258 g/mol. The van der Waals surface area contributed by atoms with Gasteiger partial charge in [-0.05, 0) is 46.8 Å². The minimum atomic E-state index is -0.981. The first-order valence-electron chi connectivity index (χ1n) is 6.44. The number of furan rings is 2. The standard InChI is InChI=1S/C16H18O3/c1-8-6-11-10(3)14-12(7-9(2)18-14)13(15(11)19-8)16(4,5)17/h6-7,17H,1-5H3. The Bertz CT molecular complexity index is 724. The lowest BCUT2D eigenvalue weighted by atomic mass is 9.91. The van der Waals surface area contributed by atoms with E-state index in [-0.39, 0.29) is 0 Å². The third kappa shape index (κ3) is 1.69. The van der Waals surface area contributed by atoms with Crippen LogP contribution in [0, 0.1) is 20.8 Å². The Morgan fingerprint density at radius 2 is 1.42 bits per heavy atom. The zero-order valence-corrected chi connectivity index (χ0v) is 11.9. The molecule has 0 amide bonds. The average Bonchev–Trinajstić information content (AvgIpc) is 2.80. The summed E-state index contributed by atoms with van der Waals surface area (Å²) in [5.74, 6) is 1.68. The van der Waals surface area contributed by atoms with Crippen molar-refractivity contribution in [3.63, 3.8) is 0 Å². The van der Waals surface area contributed by atoms with E-state index in [9.17, 15) is 5.11 Å². The van der Waals surface area contributed by atoms with Gasteiger partial charge < -0.3 is 13.9 Å². The molecule has 100 valence electrons. The van der Waals surface area contributed by atoms with Crippen LogP contribution in [0.4, 0.5) is 0 Å². The van der Waals surface area contributed by atoms with E-state index in [1.807, 2.05) is 32.9 Å². The molecule has 0 unspecified atom stereocenters. The molecule has 2 aromatic heterocycles. The van der Waals surface area contributed by atoms with E-state index >= 15 is 0 Å². The fraction of sp³-hybridized carbons (Fsp3) is 0.375. The summed E-state index contributed by atoms with van der Waals surface area (Å²) in [7, 11) is 0. The highest BCUT2D eigenvalue weighted by atomic mass is 16.3. The molecule has 1 N–H and O–H groups in total. The Morgan fingerprint density at radius 1 is 0.895 bits per heavy atom. The third-order valence-corrected chi connectivity index (χ3v) is 3.56. The Hall–Kier alpha value is -1.74. The van der Waals surface area contributed by atoms with E-state index < -0.39 is 5.60 Å². The van der Waals surface area contributed by atoms with Gasteiger partial charge in [0.15, 0.2) is 0 Å². The predicted octanol–water partition coefficient (Wildman–Crippen LogP) is 4.33. The summed E-state index contributed by atoms with van der Waals surface area (Å²) in [6.07, 6.45) is 0. The van der Waals surface area contributed by atoms with Gasteiger partial charge in [0.2, 0.25) is 0 Å².